The maximum absolute atomic E-state index is 12.8. The fraction of sp³-hybridized carbons (Fsp3) is 0.429. The fourth-order valence-corrected chi connectivity index (χ4v) is 5.22. The van der Waals surface area contributed by atoms with Crippen LogP contribution in [0.25, 0.3) is 10.9 Å². The van der Waals surface area contributed by atoms with Crippen LogP contribution in [0.4, 0.5) is 11.5 Å². The molecule has 2 aromatic heterocycles. The molecule has 1 aromatic carbocycles. The van der Waals surface area contributed by atoms with Crippen molar-refractivity contribution in [3.05, 3.63) is 54.6 Å². The van der Waals surface area contributed by atoms with Gasteiger partial charge in [0.25, 0.3) is 5.91 Å². The highest BCUT2D eigenvalue weighted by Crippen LogP contribution is 2.25. The normalized spacial score (nSPS) is 18.9. The molecule has 0 radical (unpaired) electrons. The second-order valence-electron chi connectivity index (χ2n) is 10.3. The molecular weight excluding hydrogens is 494 g/mol. The summed E-state index contributed by atoms with van der Waals surface area (Å²) in [5.74, 6) is 1.32. The molecule has 2 aliphatic heterocycles. The Balaban J connectivity index is 1.31. The maximum atomic E-state index is 12.8. The van der Waals surface area contributed by atoms with Gasteiger partial charge in [-0.2, -0.15) is 5.26 Å². The van der Waals surface area contributed by atoms with Crippen LogP contribution < -0.4 is 10.2 Å². The summed E-state index contributed by atoms with van der Waals surface area (Å²) in [7, 11) is 0. The number of aliphatic hydroxyl groups excluding tert-OH is 1. The number of nitriles is 1. The SMILES string of the molecule is CC(C)C1CN(c2cnc(C(=O)N3CCC(O)CC3)cn2)CCN1/C(=N\C#N)Nc1cccc2ncccc12. The van der Waals surface area contributed by atoms with E-state index in [0.29, 0.717) is 63.0 Å². The van der Waals surface area contributed by atoms with Gasteiger partial charge < -0.3 is 25.1 Å². The van der Waals surface area contributed by atoms with E-state index in [1.165, 1.54) is 6.20 Å². The number of piperidine rings is 1. The maximum Gasteiger partial charge on any atom is 0.274 e. The first kappa shape index (κ1) is 26.3. The number of aliphatic imine (C=N–C) groups is 1. The predicted molar refractivity (Wildman–Crippen MR) is 149 cm³/mol. The highest BCUT2D eigenvalue weighted by atomic mass is 16.3. The smallest absolute Gasteiger partial charge is 0.274 e. The molecule has 0 spiro atoms. The molecule has 1 unspecified atom stereocenters. The number of piperazine rings is 1. The van der Waals surface area contributed by atoms with Gasteiger partial charge in [0, 0.05) is 44.3 Å². The zero-order chi connectivity index (χ0) is 27.4. The van der Waals surface area contributed by atoms with Crippen molar-refractivity contribution in [1.29, 1.82) is 5.26 Å². The van der Waals surface area contributed by atoms with E-state index < -0.39 is 0 Å². The standard InChI is InChI=1S/C28H33N9O2/c1-19(2)25-17-36(26-16-31-24(15-32-26)27(39)35-11-8-20(38)9-12-35)13-14-37(25)28(33-18-29)34-23-7-3-6-22-21(23)5-4-10-30-22/h3-7,10,15-16,19-20,25,38H,8-9,11-14,17H2,1-2H3,(H,33,34). The number of pyridine rings is 1. The largest absolute Gasteiger partial charge is 0.393 e. The van der Waals surface area contributed by atoms with E-state index in [1.54, 1.807) is 17.3 Å². The lowest BCUT2D eigenvalue weighted by atomic mass is 9.99. The number of rotatable bonds is 4. The van der Waals surface area contributed by atoms with Gasteiger partial charge in [0.05, 0.1) is 35.7 Å². The summed E-state index contributed by atoms with van der Waals surface area (Å²) in [6.07, 6.45) is 7.75. The first-order valence-corrected chi connectivity index (χ1v) is 13.3. The van der Waals surface area contributed by atoms with Gasteiger partial charge in [-0.25, -0.2) is 9.97 Å². The monoisotopic (exact) mass is 527 g/mol. The number of guanidine groups is 1. The molecule has 11 nitrogen and oxygen atoms in total. The van der Waals surface area contributed by atoms with Gasteiger partial charge in [-0.05, 0) is 43.0 Å². The van der Waals surface area contributed by atoms with Crippen LogP contribution in [0.5, 0.6) is 0 Å². The number of amides is 1. The zero-order valence-electron chi connectivity index (χ0n) is 22.2. The molecule has 2 saturated heterocycles. The number of aliphatic hydroxyl groups is 1. The van der Waals surface area contributed by atoms with Crippen molar-refractivity contribution in [2.75, 3.05) is 42.9 Å². The highest BCUT2D eigenvalue weighted by molar-refractivity contribution is 6.02. The van der Waals surface area contributed by atoms with Crippen molar-refractivity contribution < 1.29 is 9.90 Å². The number of carbonyl (C=O) groups is 1. The van der Waals surface area contributed by atoms with Crippen molar-refractivity contribution in [1.82, 2.24) is 24.8 Å². The lowest BCUT2D eigenvalue weighted by molar-refractivity contribution is 0.0541. The zero-order valence-corrected chi connectivity index (χ0v) is 22.2. The molecule has 0 saturated carbocycles. The van der Waals surface area contributed by atoms with Crippen LogP contribution in [0.15, 0.2) is 53.9 Å². The van der Waals surface area contributed by atoms with Crippen LogP contribution in [0, 0.1) is 17.4 Å². The second kappa shape index (κ2) is 11.6. The topological polar surface area (TPSA) is 134 Å². The van der Waals surface area contributed by atoms with Crippen molar-refractivity contribution >= 4 is 34.3 Å². The van der Waals surface area contributed by atoms with Crippen LogP contribution in [-0.4, -0.2) is 86.6 Å². The van der Waals surface area contributed by atoms with Crippen LogP contribution in [0.2, 0.25) is 0 Å². The minimum absolute atomic E-state index is 0.0503. The lowest BCUT2D eigenvalue weighted by Gasteiger charge is -2.44. The quantitative estimate of drug-likeness (QED) is 0.298. The third kappa shape index (κ3) is 5.76. The summed E-state index contributed by atoms with van der Waals surface area (Å²) in [5.41, 5.74) is 2.02. The number of hydrogen-bond acceptors (Lipinski definition) is 8. The van der Waals surface area contributed by atoms with E-state index in [1.807, 2.05) is 36.5 Å². The number of fused-ring (bicyclic) bond motifs is 1. The number of nitrogens with one attached hydrogen (secondary N) is 1. The number of carbonyl (C=O) groups excluding carboxylic acids is 1. The Hall–Kier alpha value is -4.30. The third-order valence-corrected chi connectivity index (χ3v) is 7.44. The van der Waals surface area contributed by atoms with Crippen LogP contribution in [0.3, 0.4) is 0 Å². The molecule has 0 aliphatic carbocycles. The Morgan fingerprint density at radius 3 is 2.64 bits per heavy atom. The summed E-state index contributed by atoms with van der Waals surface area (Å²) in [4.78, 5) is 36.5. The van der Waals surface area contributed by atoms with Gasteiger partial charge in [-0.1, -0.05) is 19.9 Å². The van der Waals surface area contributed by atoms with Crippen LogP contribution in [-0.2, 0) is 0 Å². The number of likely N-dealkylation sites (tertiary alicyclic amines) is 1. The molecule has 11 heteroatoms. The van der Waals surface area contributed by atoms with Crippen molar-refractivity contribution in [3.63, 3.8) is 0 Å². The summed E-state index contributed by atoms with van der Waals surface area (Å²) < 4.78 is 0. The molecule has 3 aromatic rings. The summed E-state index contributed by atoms with van der Waals surface area (Å²) in [6, 6.07) is 9.78. The predicted octanol–water partition coefficient (Wildman–Crippen LogP) is 2.72. The van der Waals surface area contributed by atoms with Crippen molar-refractivity contribution in [3.8, 4) is 6.19 Å². The highest BCUT2D eigenvalue weighted by Gasteiger charge is 2.33. The third-order valence-electron chi connectivity index (χ3n) is 7.44. The Morgan fingerprint density at radius 1 is 1.10 bits per heavy atom. The van der Waals surface area contributed by atoms with Crippen molar-refractivity contribution in [2.45, 2.75) is 38.8 Å². The Labute approximate surface area is 227 Å². The van der Waals surface area contributed by atoms with Crippen molar-refractivity contribution in [2.24, 2.45) is 10.9 Å². The molecule has 0 bridgehead atoms. The fourth-order valence-electron chi connectivity index (χ4n) is 5.22. The Kier molecular flexibility index (Phi) is 7.84. The molecule has 1 atom stereocenters. The average Bonchev–Trinajstić information content (AvgIpc) is 2.97. The number of hydrogen-bond donors (Lipinski definition) is 2. The summed E-state index contributed by atoms with van der Waals surface area (Å²) in [5, 5.41) is 23.6. The van der Waals surface area contributed by atoms with Gasteiger partial charge in [-0.3, -0.25) is 9.78 Å². The first-order chi connectivity index (χ1) is 18.9. The van der Waals surface area contributed by atoms with E-state index in [9.17, 15) is 15.2 Å². The molecule has 2 N–H and O–H groups in total. The minimum Gasteiger partial charge on any atom is -0.393 e. The minimum atomic E-state index is -0.340. The van der Waals surface area contributed by atoms with Gasteiger partial charge in [-0.15, -0.1) is 4.99 Å². The van der Waals surface area contributed by atoms with Crippen LogP contribution >= 0.6 is 0 Å². The van der Waals surface area contributed by atoms with E-state index in [-0.39, 0.29) is 24.0 Å². The van der Waals surface area contributed by atoms with Gasteiger partial charge in [0.2, 0.25) is 12.2 Å². The van der Waals surface area contributed by atoms with Gasteiger partial charge in [0.15, 0.2) is 0 Å². The molecule has 4 heterocycles. The Bertz CT molecular complexity index is 1370. The summed E-state index contributed by atoms with van der Waals surface area (Å²) in [6.45, 7) is 7.28. The second-order valence-corrected chi connectivity index (χ2v) is 10.3. The molecule has 1 amide bonds. The molecular formula is C28H33N9O2. The molecule has 202 valence electrons. The molecule has 39 heavy (non-hydrogen) atoms. The average molecular weight is 528 g/mol. The van der Waals surface area contributed by atoms with Gasteiger partial charge in [0.1, 0.15) is 11.5 Å². The lowest BCUT2D eigenvalue weighted by Crippen LogP contribution is -2.58. The van der Waals surface area contributed by atoms with E-state index in [0.717, 1.165) is 16.6 Å². The summed E-state index contributed by atoms with van der Waals surface area (Å²) >= 11 is 0. The van der Waals surface area contributed by atoms with E-state index in [2.05, 4.69) is 48.9 Å². The molecule has 5 rings (SSSR count). The van der Waals surface area contributed by atoms with Crippen LogP contribution in [0.1, 0.15) is 37.2 Å². The number of benzene rings is 1. The molecule has 2 aliphatic rings. The number of nitrogens with zero attached hydrogens (tertiary/aromatic N) is 8. The van der Waals surface area contributed by atoms with E-state index >= 15 is 0 Å². The van der Waals surface area contributed by atoms with Gasteiger partial charge >= 0.3 is 0 Å². The first-order valence-electron chi connectivity index (χ1n) is 13.3. The number of anilines is 2. The Morgan fingerprint density at radius 2 is 1.92 bits per heavy atom. The number of aromatic nitrogens is 3. The molecule has 2 fully saturated rings. The van der Waals surface area contributed by atoms with E-state index in [4.69, 9.17) is 0 Å².